The Morgan fingerprint density at radius 1 is 1.40 bits per heavy atom. The molecule has 0 amide bonds. The normalized spacial score (nSPS) is 25.9. The van der Waals surface area contributed by atoms with E-state index in [1.807, 2.05) is 17.9 Å². The Bertz CT molecular complexity index is 418. The summed E-state index contributed by atoms with van der Waals surface area (Å²) < 4.78 is 8.02. The number of nitrogens with zero attached hydrogens (tertiary/aromatic N) is 2. The molecular weight excluding hydrogens is 250 g/mol. The van der Waals surface area contributed by atoms with Gasteiger partial charge in [-0.2, -0.15) is 5.10 Å². The molecule has 2 fully saturated rings. The maximum atomic E-state index is 6.15. The van der Waals surface area contributed by atoms with E-state index in [4.69, 9.17) is 4.74 Å². The van der Waals surface area contributed by atoms with Crippen molar-refractivity contribution >= 4 is 0 Å². The SMILES string of the molecule is Cn1ccc(CCNC2CCOC3(CCCCC3)C2)n1. The van der Waals surface area contributed by atoms with Gasteiger partial charge in [0.2, 0.25) is 0 Å². The average Bonchev–Trinajstić information content (AvgIpc) is 2.86. The van der Waals surface area contributed by atoms with Gasteiger partial charge < -0.3 is 10.1 Å². The third-order valence-electron chi connectivity index (χ3n) is 4.84. The molecule has 20 heavy (non-hydrogen) atoms. The van der Waals surface area contributed by atoms with Gasteiger partial charge in [-0.15, -0.1) is 0 Å². The predicted octanol–water partition coefficient (Wildman–Crippen LogP) is 2.43. The molecule has 1 saturated carbocycles. The minimum absolute atomic E-state index is 0.208. The van der Waals surface area contributed by atoms with Gasteiger partial charge in [0.1, 0.15) is 0 Å². The molecule has 1 N–H and O–H groups in total. The first-order chi connectivity index (χ1) is 9.76. The molecule has 1 atom stereocenters. The number of ether oxygens (including phenoxy) is 1. The Kier molecular flexibility index (Phi) is 4.41. The molecule has 4 nitrogen and oxygen atoms in total. The summed E-state index contributed by atoms with van der Waals surface area (Å²) in [6.07, 6.45) is 12.0. The molecule has 0 radical (unpaired) electrons. The highest BCUT2D eigenvalue weighted by atomic mass is 16.5. The maximum absolute atomic E-state index is 6.15. The average molecular weight is 277 g/mol. The lowest BCUT2D eigenvalue weighted by molar-refractivity contribution is -0.109. The van der Waals surface area contributed by atoms with Crippen LogP contribution in [0.1, 0.15) is 50.6 Å². The number of aryl methyl sites for hydroxylation is 1. The van der Waals surface area contributed by atoms with Gasteiger partial charge in [0.15, 0.2) is 0 Å². The van der Waals surface area contributed by atoms with Crippen LogP contribution in [0.3, 0.4) is 0 Å². The van der Waals surface area contributed by atoms with Crippen LogP contribution in [0.4, 0.5) is 0 Å². The van der Waals surface area contributed by atoms with Crippen LogP contribution in [0.15, 0.2) is 12.3 Å². The zero-order valence-electron chi connectivity index (χ0n) is 12.6. The fourth-order valence-electron chi connectivity index (χ4n) is 3.75. The lowest BCUT2D eigenvalue weighted by Gasteiger charge is -2.43. The molecule has 4 heteroatoms. The Morgan fingerprint density at radius 3 is 3.00 bits per heavy atom. The smallest absolute Gasteiger partial charge is 0.0697 e. The van der Waals surface area contributed by atoms with Crippen LogP contribution in [-0.4, -0.2) is 34.6 Å². The molecule has 2 heterocycles. The third-order valence-corrected chi connectivity index (χ3v) is 4.84. The van der Waals surface area contributed by atoms with E-state index in [-0.39, 0.29) is 5.60 Å². The summed E-state index contributed by atoms with van der Waals surface area (Å²) in [6.45, 7) is 1.96. The van der Waals surface area contributed by atoms with Gasteiger partial charge in [0.25, 0.3) is 0 Å². The van der Waals surface area contributed by atoms with Gasteiger partial charge in [0, 0.05) is 38.9 Å². The molecule has 112 valence electrons. The number of rotatable bonds is 4. The van der Waals surface area contributed by atoms with E-state index in [0.717, 1.165) is 26.0 Å². The second kappa shape index (κ2) is 6.27. The van der Waals surface area contributed by atoms with Gasteiger partial charge in [-0.1, -0.05) is 19.3 Å². The monoisotopic (exact) mass is 277 g/mol. The highest BCUT2D eigenvalue weighted by Crippen LogP contribution is 2.38. The van der Waals surface area contributed by atoms with Crippen LogP contribution in [0.2, 0.25) is 0 Å². The van der Waals surface area contributed by atoms with E-state index in [9.17, 15) is 0 Å². The third kappa shape index (κ3) is 3.41. The van der Waals surface area contributed by atoms with E-state index in [0.29, 0.717) is 6.04 Å². The first-order valence-electron chi connectivity index (χ1n) is 8.12. The van der Waals surface area contributed by atoms with Crippen LogP contribution in [0, 0.1) is 0 Å². The van der Waals surface area contributed by atoms with Crippen molar-refractivity contribution in [3.05, 3.63) is 18.0 Å². The minimum atomic E-state index is 0.208. The molecule has 1 aliphatic carbocycles. The summed E-state index contributed by atoms with van der Waals surface area (Å²) >= 11 is 0. The molecule has 0 bridgehead atoms. The molecule has 1 unspecified atom stereocenters. The van der Waals surface area contributed by atoms with Crippen molar-refractivity contribution in [1.82, 2.24) is 15.1 Å². The van der Waals surface area contributed by atoms with Crippen LogP contribution in [0.5, 0.6) is 0 Å². The van der Waals surface area contributed by atoms with Gasteiger partial charge in [0.05, 0.1) is 11.3 Å². The van der Waals surface area contributed by atoms with Gasteiger partial charge in [-0.3, -0.25) is 4.68 Å². The molecule has 0 aromatic carbocycles. The summed E-state index contributed by atoms with van der Waals surface area (Å²) in [5, 5.41) is 8.15. The molecule has 1 spiro atoms. The van der Waals surface area contributed by atoms with Crippen molar-refractivity contribution in [3.63, 3.8) is 0 Å². The highest BCUT2D eigenvalue weighted by molar-refractivity contribution is 4.99. The van der Waals surface area contributed by atoms with Gasteiger partial charge >= 0.3 is 0 Å². The van der Waals surface area contributed by atoms with Crippen LogP contribution >= 0.6 is 0 Å². The number of aromatic nitrogens is 2. The lowest BCUT2D eigenvalue weighted by Crippen LogP contribution is -2.48. The fourth-order valence-corrected chi connectivity index (χ4v) is 3.75. The number of hydrogen-bond acceptors (Lipinski definition) is 3. The summed E-state index contributed by atoms with van der Waals surface area (Å²) in [6, 6.07) is 2.74. The van der Waals surface area contributed by atoms with Crippen LogP contribution in [0.25, 0.3) is 0 Å². The second-order valence-electron chi connectivity index (χ2n) is 6.47. The van der Waals surface area contributed by atoms with E-state index in [2.05, 4.69) is 16.5 Å². The first-order valence-corrected chi connectivity index (χ1v) is 8.12. The van der Waals surface area contributed by atoms with Gasteiger partial charge in [-0.25, -0.2) is 0 Å². The second-order valence-corrected chi connectivity index (χ2v) is 6.47. The van der Waals surface area contributed by atoms with Crippen molar-refractivity contribution in [2.24, 2.45) is 7.05 Å². The van der Waals surface area contributed by atoms with Crippen molar-refractivity contribution < 1.29 is 4.74 Å². The molecule has 1 aliphatic heterocycles. The summed E-state index contributed by atoms with van der Waals surface area (Å²) in [5.74, 6) is 0. The Labute approximate surface area is 121 Å². The van der Waals surface area contributed by atoms with Crippen LogP contribution < -0.4 is 5.32 Å². The number of hydrogen-bond donors (Lipinski definition) is 1. The molecule has 2 aliphatic rings. The van der Waals surface area contributed by atoms with E-state index < -0.39 is 0 Å². The Morgan fingerprint density at radius 2 is 2.25 bits per heavy atom. The van der Waals surface area contributed by atoms with Crippen LogP contribution in [-0.2, 0) is 18.2 Å². The molecule has 3 rings (SSSR count). The zero-order chi connectivity index (χ0) is 13.8. The van der Waals surface area contributed by atoms with E-state index in [1.165, 1.54) is 44.2 Å². The highest BCUT2D eigenvalue weighted by Gasteiger charge is 2.38. The first kappa shape index (κ1) is 14.1. The zero-order valence-corrected chi connectivity index (χ0v) is 12.6. The lowest BCUT2D eigenvalue weighted by atomic mass is 9.78. The largest absolute Gasteiger partial charge is 0.375 e. The predicted molar refractivity (Wildman–Crippen MR) is 79.7 cm³/mol. The molecule has 1 aromatic heterocycles. The van der Waals surface area contributed by atoms with E-state index in [1.54, 1.807) is 0 Å². The van der Waals surface area contributed by atoms with Crippen molar-refractivity contribution in [3.8, 4) is 0 Å². The summed E-state index contributed by atoms with van der Waals surface area (Å²) in [4.78, 5) is 0. The van der Waals surface area contributed by atoms with Crippen molar-refractivity contribution in [2.45, 2.75) is 63.0 Å². The molecular formula is C16H27N3O. The summed E-state index contributed by atoms with van der Waals surface area (Å²) in [5.41, 5.74) is 1.39. The maximum Gasteiger partial charge on any atom is 0.0697 e. The Balaban J connectivity index is 1.45. The molecule has 1 aromatic rings. The fraction of sp³-hybridized carbons (Fsp3) is 0.812. The number of nitrogens with one attached hydrogen (secondary N) is 1. The van der Waals surface area contributed by atoms with Gasteiger partial charge in [-0.05, 0) is 31.7 Å². The van der Waals surface area contributed by atoms with Crippen molar-refractivity contribution in [2.75, 3.05) is 13.2 Å². The molecule has 1 saturated heterocycles. The minimum Gasteiger partial charge on any atom is -0.375 e. The van der Waals surface area contributed by atoms with Crippen molar-refractivity contribution in [1.29, 1.82) is 0 Å². The Hall–Kier alpha value is -0.870. The van der Waals surface area contributed by atoms with E-state index >= 15 is 0 Å². The summed E-state index contributed by atoms with van der Waals surface area (Å²) in [7, 11) is 1.97. The standard InChI is InChI=1S/C16H27N3O/c1-19-11-6-14(18-19)5-10-17-15-7-12-20-16(13-15)8-3-2-4-9-16/h6,11,15,17H,2-5,7-10,12-13H2,1H3. The quantitative estimate of drug-likeness (QED) is 0.918. The topological polar surface area (TPSA) is 39.1 Å².